The number of aromatic nitrogens is 1. The van der Waals surface area contributed by atoms with Crippen molar-refractivity contribution in [2.24, 2.45) is 28.5 Å². The molecular weight excluding hydrogens is 654 g/mol. The fourth-order valence-corrected chi connectivity index (χ4v) is 9.37. The van der Waals surface area contributed by atoms with E-state index >= 15 is 0 Å². The number of carboxylic acid groups (broad SMARTS) is 1. The first kappa shape index (κ1) is 37.3. The Labute approximate surface area is 306 Å². The number of guanidine groups is 1. The van der Waals surface area contributed by atoms with Gasteiger partial charge in [0.1, 0.15) is 12.6 Å². The fourth-order valence-electron chi connectivity index (χ4n) is 9.37. The Bertz CT molecular complexity index is 1740. The van der Waals surface area contributed by atoms with Crippen molar-refractivity contribution in [3.05, 3.63) is 82.3 Å². The minimum Gasteiger partial charge on any atom is -0.478 e. The number of rotatable bonds is 19. The van der Waals surface area contributed by atoms with Crippen LogP contribution < -0.4 is 11.1 Å². The van der Waals surface area contributed by atoms with Gasteiger partial charge in [-0.25, -0.2) is 4.79 Å². The average Bonchev–Trinajstić information content (AvgIpc) is 3.66. The molecular formula is C42H54N5O5-. The van der Waals surface area contributed by atoms with Gasteiger partial charge in [0.15, 0.2) is 5.96 Å². The van der Waals surface area contributed by atoms with Crippen LogP contribution in [0.1, 0.15) is 106 Å². The third kappa shape index (κ3) is 8.95. The molecule has 2 bridgehead atoms. The van der Waals surface area contributed by atoms with Gasteiger partial charge in [0.25, 0.3) is 0 Å². The first-order valence-electron chi connectivity index (χ1n) is 19.3. The molecule has 3 aromatic rings. The van der Waals surface area contributed by atoms with Gasteiger partial charge in [0, 0.05) is 31.6 Å². The third-order valence-electron chi connectivity index (χ3n) is 11.8. The Morgan fingerprint density at radius 1 is 1.00 bits per heavy atom. The van der Waals surface area contributed by atoms with Crippen LogP contribution in [0.25, 0.3) is 16.1 Å². The molecule has 7 atom stereocenters. The van der Waals surface area contributed by atoms with Gasteiger partial charge in [-0.3, -0.25) is 4.99 Å². The molecule has 1 aromatic heterocycles. The zero-order valence-electron chi connectivity index (χ0n) is 30.1. The summed E-state index contributed by atoms with van der Waals surface area (Å²) in [7, 11) is 0. The van der Waals surface area contributed by atoms with Crippen molar-refractivity contribution < 1.29 is 24.6 Å². The smallest absolute Gasteiger partial charge is 0.328 e. The maximum absolute atomic E-state index is 12.4. The van der Waals surface area contributed by atoms with Gasteiger partial charge in [-0.1, -0.05) is 80.2 Å². The van der Waals surface area contributed by atoms with Crippen LogP contribution in [-0.4, -0.2) is 64.9 Å². The number of unbranched alkanes of at least 4 members (excludes halogenated alkanes) is 3. The summed E-state index contributed by atoms with van der Waals surface area (Å²) in [5.41, 5.74) is 10.7. The van der Waals surface area contributed by atoms with Gasteiger partial charge in [-0.2, -0.15) is 0 Å². The highest BCUT2D eigenvalue weighted by atomic mass is 16.4. The van der Waals surface area contributed by atoms with Crippen molar-refractivity contribution >= 4 is 41.1 Å². The number of carbonyl (C=O) groups excluding carboxylic acids is 2. The number of aliphatic imine (C=N–C) groups is 1. The molecule has 1 aliphatic heterocycles. The normalized spacial score (nSPS) is 23.9. The van der Waals surface area contributed by atoms with Crippen LogP contribution in [0.3, 0.4) is 0 Å². The number of carbonyl (C=O) groups is 3. The molecule has 6 N–H and O–H groups in total. The molecule has 10 heteroatoms. The monoisotopic (exact) mass is 708 g/mol. The molecule has 278 valence electrons. The van der Waals surface area contributed by atoms with Crippen molar-refractivity contribution in [3.63, 3.8) is 0 Å². The van der Waals surface area contributed by atoms with Crippen LogP contribution >= 0.6 is 0 Å². The molecule has 0 unspecified atom stereocenters. The van der Waals surface area contributed by atoms with E-state index in [9.17, 15) is 24.6 Å². The number of aromatic amines is 1. The van der Waals surface area contributed by atoms with Crippen molar-refractivity contribution in [3.8, 4) is 0 Å². The van der Waals surface area contributed by atoms with E-state index in [2.05, 4.69) is 45.6 Å². The van der Waals surface area contributed by atoms with Crippen LogP contribution in [0.5, 0.6) is 0 Å². The summed E-state index contributed by atoms with van der Waals surface area (Å²) in [6.45, 7) is 0.645. The van der Waals surface area contributed by atoms with E-state index in [-0.39, 0.29) is 42.4 Å². The second-order valence-corrected chi connectivity index (χ2v) is 15.1. The van der Waals surface area contributed by atoms with Crippen molar-refractivity contribution in [2.75, 3.05) is 13.2 Å². The van der Waals surface area contributed by atoms with Crippen LogP contribution in [0, 0.1) is 17.8 Å². The SMILES string of the molecule is NC1=NCC[C@H](/C(=C\C(=O)O)[C@H]([N-]c2ccc[nH]2)[C@@H]2CC[C@@H]3C[C@H]2[C@@H](CCCCCC[C@H](C=O)CCCO)c2cc4cc(CC=O)ccc4cc23)N1. The highest BCUT2D eigenvalue weighted by Crippen LogP contribution is 2.57. The zero-order chi connectivity index (χ0) is 36.5. The van der Waals surface area contributed by atoms with Gasteiger partial charge < -0.3 is 41.2 Å². The lowest BCUT2D eigenvalue weighted by molar-refractivity contribution is -0.131. The molecule has 52 heavy (non-hydrogen) atoms. The number of aliphatic hydroxyl groups excluding tert-OH is 1. The predicted octanol–water partition coefficient (Wildman–Crippen LogP) is 7.20. The van der Waals surface area contributed by atoms with Crippen LogP contribution in [0.2, 0.25) is 0 Å². The van der Waals surface area contributed by atoms with Crippen LogP contribution in [0.4, 0.5) is 5.82 Å². The molecule has 1 saturated carbocycles. The molecule has 6 rings (SSSR count). The van der Waals surface area contributed by atoms with E-state index in [4.69, 9.17) is 11.1 Å². The van der Waals surface area contributed by atoms with Crippen molar-refractivity contribution in [2.45, 2.75) is 107 Å². The highest BCUT2D eigenvalue weighted by Gasteiger charge is 2.45. The first-order chi connectivity index (χ1) is 25.4. The molecule has 0 saturated heterocycles. The van der Waals surface area contributed by atoms with Crippen LogP contribution in [0.15, 0.2) is 65.3 Å². The number of aliphatic hydroxyl groups is 1. The van der Waals surface area contributed by atoms with E-state index in [1.165, 1.54) is 22.6 Å². The number of carboxylic acids is 1. The van der Waals surface area contributed by atoms with Crippen LogP contribution in [-0.2, 0) is 20.8 Å². The van der Waals surface area contributed by atoms with Crippen molar-refractivity contribution in [1.82, 2.24) is 10.3 Å². The number of nitrogens with two attached hydrogens (primary N) is 1. The van der Waals surface area contributed by atoms with Gasteiger partial charge in [-0.05, 0) is 114 Å². The molecule has 2 heterocycles. The quantitative estimate of drug-likeness (QED) is 0.0498. The second-order valence-electron chi connectivity index (χ2n) is 15.1. The van der Waals surface area contributed by atoms with E-state index in [0.717, 1.165) is 99.1 Å². The Hall–Kier alpha value is -4.44. The zero-order valence-corrected chi connectivity index (χ0v) is 30.1. The second kappa shape index (κ2) is 17.9. The molecule has 2 aromatic carbocycles. The fraction of sp³-hybridized carbons (Fsp3) is 0.524. The van der Waals surface area contributed by atoms with Gasteiger partial charge >= 0.3 is 5.97 Å². The van der Waals surface area contributed by atoms with Gasteiger partial charge in [0.2, 0.25) is 0 Å². The third-order valence-corrected chi connectivity index (χ3v) is 11.8. The molecule has 10 nitrogen and oxygen atoms in total. The molecule has 2 aliphatic carbocycles. The predicted molar refractivity (Wildman–Crippen MR) is 205 cm³/mol. The largest absolute Gasteiger partial charge is 0.478 e. The Balaban J connectivity index is 1.33. The average molecular weight is 709 g/mol. The first-order valence-corrected chi connectivity index (χ1v) is 19.3. The van der Waals surface area contributed by atoms with E-state index in [0.29, 0.717) is 37.7 Å². The summed E-state index contributed by atoms with van der Waals surface area (Å²) in [6.07, 6.45) is 16.7. The topological polar surface area (TPSA) is 172 Å². The number of benzene rings is 2. The van der Waals surface area contributed by atoms with E-state index in [1.54, 1.807) is 0 Å². The standard InChI is InChI=1S/C42H54N5O5/c43-42-45-18-15-38(46-42)37(25-40(51)52)41(47-39-10-5-17-44-39)33-14-13-30-23-35(33)32(9-4-2-1-3-7-28(26-50)8-6-19-48)36-24-31-21-27(16-20-49)11-12-29(31)22-34(30)36/h5,10-12,17,20-22,24-26,28,30,32-33,35,38,41,44,48H,1-4,6-9,13-16,18-19,23H2,(H,51,52)(H3,43,45,46)/q-1/b37-25+/t28-,30+,32+,33+,35-,38+,41+/m0/s1. The van der Waals surface area contributed by atoms with Gasteiger partial charge in [-0.15, -0.1) is 0 Å². The summed E-state index contributed by atoms with van der Waals surface area (Å²) < 4.78 is 0. The number of nitrogens with one attached hydrogen (secondary N) is 2. The highest BCUT2D eigenvalue weighted by molar-refractivity contribution is 5.86. The summed E-state index contributed by atoms with van der Waals surface area (Å²) in [5, 5.41) is 30.3. The Morgan fingerprint density at radius 2 is 1.83 bits per heavy atom. The molecule has 0 amide bonds. The molecule has 1 fully saturated rings. The molecule has 0 radical (unpaired) electrons. The number of fused-ring (bicyclic) bond motifs is 5. The Kier molecular flexibility index (Phi) is 12.8. The number of aldehydes is 2. The molecule has 0 spiro atoms. The lowest BCUT2D eigenvalue weighted by Gasteiger charge is -2.51. The molecule has 3 aliphatic rings. The number of H-pyrrole nitrogens is 1. The number of hydrogen-bond acceptors (Lipinski definition) is 7. The minimum absolute atomic E-state index is 0.0170. The Morgan fingerprint density at radius 3 is 2.58 bits per heavy atom. The minimum atomic E-state index is -0.991. The summed E-state index contributed by atoms with van der Waals surface area (Å²) >= 11 is 0. The summed E-state index contributed by atoms with van der Waals surface area (Å²) in [5.74, 6) is 1.17. The van der Waals surface area contributed by atoms with Crippen molar-refractivity contribution in [1.29, 1.82) is 0 Å². The maximum atomic E-state index is 12.4. The van der Waals surface area contributed by atoms with E-state index in [1.807, 2.05) is 18.3 Å². The lowest BCUT2D eigenvalue weighted by atomic mass is 9.56. The maximum Gasteiger partial charge on any atom is 0.328 e. The number of hydrogen-bond donors (Lipinski definition) is 5. The van der Waals surface area contributed by atoms with Gasteiger partial charge in [0.05, 0.1) is 6.04 Å². The number of aliphatic carboxylic acids is 1. The number of nitrogens with zero attached hydrogens (tertiary/aromatic N) is 2. The summed E-state index contributed by atoms with van der Waals surface area (Å²) in [6, 6.07) is 14.3. The van der Waals surface area contributed by atoms with E-state index < -0.39 is 5.97 Å². The summed E-state index contributed by atoms with van der Waals surface area (Å²) in [4.78, 5) is 43.0. The lowest BCUT2D eigenvalue weighted by Crippen LogP contribution is -2.49.